The number of anilines is 2. The number of aromatic nitrogens is 4. The van der Waals surface area contributed by atoms with E-state index in [0.29, 0.717) is 11.0 Å². The predicted octanol–water partition coefficient (Wildman–Crippen LogP) is 1.23. The molecule has 0 saturated carbocycles. The Labute approximate surface area is 109 Å². The molecule has 18 heavy (non-hydrogen) atoms. The van der Waals surface area contributed by atoms with Gasteiger partial charge in [0.1, 0.15) is 0 Å². The summed E-state index contributed by atoms with van der Waals surface area (Å²) in [5.74, 6) is 0.637. The fraction of sp³-hybridized carbons (Fsp3) is 0.545. The third kappa shape index (κ3) is 2.45. The first-order valence-corrected chi connectivity index (χ1v) is 6.92. The monoisotopic (exact) mass is 264 g/mol. The second-order valence-corrected chi connectivity index (χ2v) is 5.62. The van der Waals surface area contributed by atoms with Gasteiger partial charge in [-0.15, -0.1) is 10.2 Å². The molecule has 96 valence electrons. The van der Waals surface area contributed by atoms with E-state index in [4.69, 9.17) is 5.73 Å². The fourth-order valence-corrected chi connectivity index (χ4v) is 3.08. The van der Waals surface area contributed by atoms with E-state index >= 15 is 0 Å². The lowest BCUT2D eigenvalue weighted by Crippen LogP contribution is -2.36. The van der Waals surface area contributed by atoms with E-state index in [-0.39, 0.29) is 0 Å². The topological polar surface area (TPSA) is 72.9 Å². The summed E-state index contributed by atoms with van der Waals surface area (Å²) in [6.45, 7) is 3.09. The van der Waals surface area contributed by atoms with Gasteiger partial charge in [0, 0.05) is 32.0 Å². The molecule has 7 heteroatoms. The zero-order valence-corrected chi connectivity index (χ0v) is 10.9. The van der Waals surface area contributed by atoms with Gasteiger partial charge in [0.25, 0.3) is 0 Å². The fourth-order valence-electron chi connectivity index (χ4n) is 2.43. The molecule has 1 fully saturated rings. The Morgan fingerprint density at radius 2 is 2.39 bits per heavy atom. The van der Waals surface area contributed by atoms with Crippen LogP contribution in [0.25, 0.3) is 0 Å². The van der Waals surface area contributed by atoms with E-state index < -0.39 is 0 Å². The zero-order valence-electron chi connectivity index (χ0n) is 10.1. The minimum absolute atomic E-state index is 0.543. The van der Waals surface area contributed by atoms with Crippen molar-refractivity contribution in [2.75, 3.05) is 23.7 Å². The van der Waals surface area contributed by atoms with E-state index in [1.165, 1.54) is 24.2 Å². The van der Waals surface area contributed by atoms with Crippen molar-refractivity contribution in [2.45, 2.75) is 19.4 Å². The second kappa shape index (κ2) is 4.93. The highest BCUT2D eigenvalue weighted by Crippen LogP contribution is 2.27. The molecule has 1 saturated heterocycles. The van der Waals surface area contributed by atoms with Gasteiger partial charge >= 0.3 is 0 Å². The first-order chi connectivity index (χ1) is 8.81. The number of rotatable bonds is 3. The number of nitrogen functional groups attached to an aromatic ring is 1. The van der Waals surface area contributed by atoms with Crippen LogP contribution in [-0.2, 0) is 6.54 Å². The highest BCUT2D eigenvalue weighted by atomic mass is 32.1. The Kier molecular flexibility index (Phi) is 3.14. The lowest BCUT2D eigenvalue weighted by atomic mass is 9.98. The van der Waals surface area contributed by atoms with Crippen molar-refractivity contribution in [2.24, 2.45) is 5.92 Å². The Hall–Kier alpha value is -1.63. The molecule has 0 bridgehead atoms. The maximum atomic E-state index is 5.64. The molecule has 0 radical (unpaired) electrons. The van der Waals surface area contributed by atoms with Crippen molar-refractivity contribution in [1.29, 1.82) is 0 Å². The molecule has 1 aliphatic rings. The highest BCUT2D eigenvalue weighted by molar-refractivity contribution is 7.18. The van der Waals surface area contributed by atoms with Crippen LogP contribution in [0.15, 0.2) is 18.7 Å². The number of piperidine rings is 1. The molecule has 1 aliphatic heterocycles. The normalized spacial score (nSPS) is 20.2. The van der Waals surface area contributed by atoms with Gasteiger partial charge in [-0.2, -0.15) is 0 Å². The SMILES string of the molecule is Nc1nnc(N2CCCC(Cn3ccnc3)C2)s1. The Balaban J connectivity index is 1.65. The third-order valence-corrected chi connectivity index (χ3v) is 4.06. The molecule has 0 spiro atoms. The van der Waals surface area contributed by atoms with E-state index in [1.807, 2.05) is 18.7 Å². The summed E-state index contributed by atoms with van der Waals surface area (Å²) in [7, 11) is 0. The van der Waals surface area contributed by atoms with Crippen molar-refractivity contribution in [3.8, 4) is 0 Å². The molecule has 0 amide bonds. The van der Waals surface area contributed by atoms with Gasteiger partial charge in [0.2, 0.25) is 10.3 Å². The smallest absolute Gasteiger partial charge is 0.209 e. The van der Waals surface area contributed by atoms with E-state index in [9.17, 15) is 0 Å². The predicted molar refractivity (Wildman–Crippen MR) is 71.5 cm³/mol. The number of hydrogen-bond acceptors (Lipinski definition) is 6. The van der Waals surface area contributed by atoms with Crippen LogP contribution < -0.4 is 10.6 Å². The zero-order chi connectivity index (χ0) is 12.4. The molecule has 3 rings (SSSR count). The van der Waals surface area contributed by atoms with Gasteiger partial charge in [-0.05, 0) is 18.8 Å². The Bertz CT molecular complexity index is 493. The van der Waals surface area contributed by atoms with Crippen molar-refractivity contribution >= 4 is 21.6 Å². The summed E-state index contributed by atoms with van der Waals surface area (Å²) >= 11 is 1.47. The summed E-state index contributed by atoms with van der Waals surface area (Å²) in [4.78, 5) is 6.37. The first-order valence-electron chi connectivity index (χ1n) is 6.11. The van der Waals surface area contributed by atoms with Gasteiger partial charge < -0.3 is 15.2 Å². The summed E-state index contributed by atoms with van der Waals surface area (Å²) in [5, 5.41) is 9.49. The number of hydrogen-bond donors (Lipinski definition) is 1. The Morgan fingerprint density at radius 3 is 3.11 bits per heavy atom. The lowest BCUT2D eigenvalue weighted by Gasteiger charge is -2.32. The molecule has 1 atom stereocenters. The van der Waals surface area contributed by atoms with Crippen molar-refractivity contribution in [1.82, 2.24) is 19.7 Å². The molecule has 0 aliphatic carbocycles. The Morgan fingerprint density at radius 1 is 1.44 bits per heavy atom. The van der Waals surface area contributed by atoms with Crippen LogP contribution in [0.4, 0.5) is 10.3 Å². The molecule has 6 nitrogen and oxygen atoms in total. The maximum Gasteiger partial charge on any atom is 0.209 e. The standard InChI is InChI=1S/C11H16N6S/c12-10-14-15-11(18-10)17-4-1-2-9(7-17)6-16-5-3-13-8-16/h3,5,8-9H,1-2,4,6-7H2,(H2,12,14). The van der Waals surface area contributed by atoms with Crippen LogP contribution in [0.1, 0.15) is 12.8 Å². The van der Waals surface area contributed by atoms with E-state index in [2.05, 4.69) is 24.6 Å². The molecule has 2 aromatic heterocycles. The second-order valence-electron chi connectivity index (χ2n) is 4.64. The van der Waals surface area contributed by atoms with Crippen LogP contribution in [0.5, 0.6) is 0 Å². The van der Waals surface area contributed by atoms with Crippen LogP contribution in [0.2, 0.25) is 0 Å². The summed E-state index contributed by atoms with van der Waals surface area (Å²) < 4.78 is 2.14. The first kappa shape index (κ1) is 11.5. The third-order valence-electron chi connectivity index (χ3n) is 3.25. The van der Waals surface area contributed by atoms with Crippen LogP contribution in [0, 0.1) is 5.92 Å². The highest BCUT2D eigenvalue weighted by Gasteiger charge is 2.22. The molecular weight excluding hydrogens is 248 g/mol. The van der Waals surface area contributed by atoms with Crippen LogP contribution in [-0.4, -0.2) is 32.8 Å². The number of imidazole rings is 1. The number of nitrogens with zero attached hydrogens (tertiary/aromatic N) is 5. The molecule has 0 aromatic carbocycles. The summed E-state index contributed by atoms with van der Waals surface area (Å²) in [6.07, 6.45) is 8.16. The maximum absolute atomic E-state index is 5.64. The van der Waals surface area contributed by atoms with E-state index in [0.717, 1.165) is 24.8 Å². The molecule has 2 aromatic rings. The van der Waals surface area contributed by atoms with Crippen LogP contribution in [0.3, 0.4) is 0 Å². The van der Waals surface area contributed by atoms with Gasteiger partial charge in [0.05, 0.1) is 6.33 Å². The quantitative estimate of drug-likeness (QED) is 0.902. The van der Waals surface area contributed by atoms with Crippen LogP contribution >= 0.6 is 11.3 Å². The lowest BCUT2D eigenvalue weighted by molar-refractivity contribution is 0.366. The molecule has 2 N–H and O–H groups in total. The average Bonchev–Trinajstić information content (AvgIpc) is 3.01. The van der Waals surface area contributed by atoms with Gasteiger partial charge in [-0.25, -0.2) is 4.98 Å². The summed E-state index contributed by atoms with van der Waals surface area (Å²) in [5.41, 5.74) is 5.64. The minimum atomic E-state index is 0.543. The minimum Gasteiger partial charge on any atom is -0.374 e. The largest absolute Gasteiger partial charge is 0.374 e. The number of nitrogens with two attached hydrogens (primary N) is 1. The van der Waals surface area contributed by atoms with Gasteiger partial charge in [-0.3, -0.25) is 0 Å². The molecule has 3 heterocycles. The summed E-state index contributed by atoms with van der Waals surface area (Å²) in [6, 6.07) is 0. The molecule has 1 unspecified atom stereocenters. The van der Waals surface area contributed by atoms with Crippen molar-refractivity contribution in [3.63, 3.8) is 0 Å². The van der Waals surface area contributed by atoms with Crippen molar-refractivity contribution in [3.05, 3.63) is 18.7 Å². The van der Waals surface area contributed by atoms with E-state index in [1.54, 1.807) is 0 Å². The van der Waals surface area contributed by atoms with Gasteiger partial charge in [-0.1, -0.05) is 11.3 Å². The average molecular weight is 264 g/mol. The van der Waals surface area contributed by atoms with Gasteiger partial charge in [0.15, 0.2) is 0 Å². The molecular formula is C11H16N6S. The van der Waals surface area contributed by atoms with Crippen molar-refractivity contribution < 1.29 is 0 Å².